The van der Waals surface area contributed by atoms with Gasteiger partial charge in [-0.15, -0.1) is 0 Å². The van der Waals surface area contributed by atoms with E-state index in [0.29, 0.717) is 29.5 Å². The van der Waals surface area contributed by atoms with E-state index in [-0.39, 0.29) is 19.0 Å². The van der Waals surface area contributed by atoms with E-state index in [1.165, 1.54) is 19.1 Å². The second-order valence-electron chi connectivity index (χ2n) is 4.82. The number of halogens is 1. The van der Waals surface area contributed by atoms with E-state index < -0.39 is 5.97 Å². The zero-order valence-electron chi connectivity index (χ0n) is 13.4. The molecule has 0 unspecified atom stereocenters. The first-order valence-electron chi connectivity index (χ1n) is 7.00. The molecule has 23 heavy (non-hydrogen) atoms. The maximum Gasteiger partial charge on any atom is 0.317 e. The summed E-state index contributed by atoms with van der Waals surface area (Å²) < 4.78 is 10.4. The summed E-state index contributed by atoms with van der Waals surface area (Å²) in [6.07, 6.45) is 0.420. The van der Waals surface area contributed by atoms with Crippen molar-refractivity contribution in [3.05, 3.63) is 22.7 Å². The van der Waals surface area contributed by atoms with E-state index in [4.69, 9.17) is 26.2 Å². The highest BCUT2D eigenvalue weighted by molar-refractivity contribution is 6.33. The van der Waals surface area contributed by atoms with Crippen molar-refractivity contribution in [3.63, 3.8) is 0 Å². The third-order valence-electron chi connectivity index (χ3n) is 3.24. The molecule has 0 fully saturated rings. The van der Waals surface area contributed by atoms with E-state index in [1.54, 1.807) is 13.1 Å². The molecule has 7 nitrogen and oxygen atoms in total. The number of hydrogen-bond acceptors (Lipinski definition) is 4. The van der Waals surface area contributed by atoms with Gasteiger partial charge in [-0.1, -0.05) is 17.7 Å². The third-order valence-corrected chi connectivity index (χ3v) is 3.66. The van der Waals surface area contributed by atoms with Gasteiger partial charge in [-0.25, -0.2) is 4.79 Å². The van der Waals surface area contributed by atoms with Crippen molar-refractivity contribution in [1.29, 1.82) is 0 Å². The monoisotopic (exact) mass is 344 g/mol. The van der Waals surface area contributed by atoms with Crippen LogP contribution in [0.3, 0.4) is 0 Å². The average Bonchev–Trinajstić information content (AvgIpc) is 2.53. The summed E-state index contributed by atoms with van der Waals surface area (Å²) in [6.45, 7) is 0.518. The summed E-state index contributed by atoms with van der Waals surface area (Å²) in [7, 11) is 4.58. The molecule has 2 N–H and O–H groups in total. The van der Waals surface area contributed by atoms with Crippen molar-refractivity contribution in [3.8, 4) is 11.5 Å². The summed E-state index contributed by atoms with van der Waals surface area (Å²) >= 11 is 6.26. The van der Waals surface area contributed by atoms with Crippen molar-refractivity contribution >= 4 is 23.6 Å². The van der Waals surface area contributed by atoms with Crippen LogP contribution in [0.1, 0.15) is 12.0 Å². The number of aliphatic carboxylic acids is 1. The lowest BCUT2D eigenvalue weighted by atomic mass is 10.1. The van der Waals surface area contributed by atoms with E-state index >= 15 is 0 Å². The van der Waals surface area contributed by atoms with Gasteiger partial charge in [0.15, 0.2) is 11.5 Å². The van der Waals surface area contributed by atoms with Crippen LogP contribution in [0.5, 0.6) is 11.5 Å². The second kappa shape index (κ2) is 9.09. The number of rotatable bonds is 8. The molecule has 0 bridgehead atoms. The Labute approximate surface area is 140 Å². The average molecular weight is 345 g/mol. The predicted molar refractivity (Wildman–Crippen MR) is 86.5 cm³/mol. The fraction of sp³-hybridized carbons (Fsp3) is 0.467. The van der Waals surface area contributed by atoms with Gasteiger partial charge in [-0.05, 0) is 18.1 Å². The van der Waals surface area contributed by atoms with Gasteiger partial charge in [-0.2, -0.15) is 0 Å². The lowest BCUT2D eigenvalue weighted by Gasteiger charge is -2.17. The number of ether oxygens (including phenoxy) is 2. The molecule has 0 radical (unpaired) electrons. The maximum absolute atomic E-state index is 11.8. The molecular formula is C15H21ClN2O5. The number of methoxy groups -OCH3 is 2. The van der Waals surface area contributed by atoms with Crippen LogP contribution in [0, 0.1) is 0 Å². The largest absolute Gasteiger partial charge is 0.493 e. The molecular weight excluding hydrogens is 324 g/mol. The normalized spacial score (nSPS) is 10.1. The van der Waals surface area contributed by atoms with Gasteiger partial charge in [-0.3, -0.25) is 4.79 Å². The Balaban J connectivity index is 2.56. The Morgan fingerprint density at radius 1 is 1.30 bits per heavy atom. The molecule has 0 spiro atoms. The van der Waals surface area contributed by atoms with Crippen molar-refractivity contribution in [2.45, 2.75) is 12.8 Å². The molecule has 0 atom stereocenters. The van der Waals surface area contributed by atoms with Crippen LogP contribution in [0.4, 0.5) is 4.79 Å². The molecule has 0 aliphatic heterocycles. The molecule has 128 valence electrons. The van der Waals surface area contributed by atoms with Gasteiger partial charge in [0.2, 0.25) is 0 Å². The van der Waals surface area contributed by atoms with Crippen LogP contribution >= 0.6 is 11.6 Å². The quantitative estimate of drug-likeness (QED) is 0.753. The Morgan fingerprint density at radius 2 is 2.00 bits per heavy atom. The van der Waals surface area contributed by atoms with Gasteiger partial charge in [0.25, 0.3) is 0 Å². The minimum Gasteiger partial charge on any atom is -0.493 e. The molecule has 1 aromatic carbocycles. The Hall–Kier alpha value is -2.15. The van der Waals surface area contributed by atoms with Crippen LogP contribution < -0.4 is 14.8 Å². The highest BCUT2D eigenvalue weighted by Crippen LogP contribution is 2.37. The standard InChI is InChI=1S/C15H21ClN2O5/c1-18(9-7-12(19)20)15(21)17-8-6-10-4-5-11(22-2)14(23-3)13(10)16/h4-5H,6-9H2,1-3H3,(H,17,21)(H,19,20). The minimum absolute atomic E-state index is 0.0918. The van der Waals surface area contributed by atoms with Gasteiger partial charge >= 0.3 is 12.0 Å². The van der Waals surface area contributed by atoms with Crippen LogP contribution in [0.25, 0.3) is 0 Å². The molecule has 0 heterocycles. The molecule has 0 saturated carbocycles. The molecule has 8 heteroatoms. The van der Waals surface area contributed by atoms with E-state index in [1.807, 2.05) is 6.07 Å². The molecule has 1 aromatic rings. The van der Waals surface area contributed by atoms with Crippen LogP contribution in [-0.2, 0) is 11.2 Å². The van der Waals surface area contributed by atoms with Crippen LogP contribution in [0.2, 0.25) is 5.02 Å². The second-order valence-corrected chi connectivity index (χ2v) is 5.20. The highest BCUT2D eigenvalue weighted by Gasteiger charge is 2.14. The fourth-order valence-electron chi connectivity index (χ4n) is 1.93. The number of nitrogens with zero attached hydrogens (tertiary/aromatic N) is 1. The lowest BCUT2D eigenvalue weighted by Crippen LogP contribution is -2.39. The third kappa shape index (κ3) is 5.52. The highest BCUT2D eigenvalue weighted by atomic mass is 35.5. The fourth-order valence-corrected chi connectivity index (χ4v) is 2.25. The number of carboxylic acids is 1. The SMILES string of the molecule is COc1ccc(CCNC(=O)N(C)CCC(=O)O)c(Cl)c1OC. The number of benzene rings is 1. The summed E-state index contributed by atoms with van der Waals surface area (Å²) in [4.78, 5) is 23.6. The first-order chi connectivity index (χ1) is 10.9. The predicted octanol–water partition coefficient (Wildman–Crippen LogP) is 2.02. The van der Waals surface area contributed by atoms with Gasteiger partial charge in [0.05, 0.1) is 25.7 Å². The topological polar surface area (TPSA) is 88.1 Å². The van der Waals surface area contributed by atoms with Crippen molar-refractivity contribution < 1.29 is 24.2 Å². The van der Waals surface area contributed by atoms with Crippen molar-refractivity contribution in [1.82, 2.24) is 10.2 Å². The van der Waals surface area contributed by atoms with Gasteiger partial charge < -0.3 is 24.8 Å². The van der Waals surface area contributed by atoms with Crippen molar-refractivity contribution in [2.24, 2.45) is 0 Å². The van der Waals surface area contributed by atoms with Crippen molar-refractivity contribution in [2.75, 3.05) is 34.4 Å². The zero-order chi connectivity index (χ0) is 17.4. The summed E-state index contributed by atoms with van der Waals surface area (Å²) in [6, 6.07) is 3.23. The Morgan fingerprint density at radius 3 is 2.57 bits per heavy atom. The van der Waals surface area contributed by atoms with Crippen LogP contribution in [0.15, 0.2) is 12.1 Å². The number of urea groups is 1. The zero-order valence-corrected chi connectivity index (χ0v) is 14.1. The molecule has 2 amide bonds. The number of carbonyl (C=O) groups is 2. The molecule has 0 aliphatic carbocycles. The molecule has 0 aliphatic rings. The van der Waals surface area contributed by atoms with Gasteiger partial charge in [0, 0.05) is 20.1 Å². The molecule has 0 saturated heterocycles. The van der Waals surface area contributed by atoms with E-state index in [9.17, 15) is 9.59 Å². The first-order valence-corrected chi connectivity index (χ1v) is 7.38. The van der Waals surface area contributed by atoms with E-state index in [2.05, 4.69) is 5.32 Å². The number of carbonyl (C=O) groups excluding carboxylic acids is 1. The Kier molecular flexibility index (Phi) is 7.47. The maximum atomic E-state index is 11.8. The van der Waals surface area contributed by atoms with E-state index in [0.717, 1.165) is 5.56 Å². The summed E-state index contributed by atoms with van der Waals surface area (Å²) in [5.41, 5.74) is 0.817. The number of amides is 2. The number of carboxylic acid groups (broad SMARTS) is 1. The molecule has 0 aromatic heterocycles. The Bertz CT molecular complexity index is 565. The summed E-state index contributed by atoms with van der Waals surface area (Å²) in [5.74, 6) is 0.0528. The lowest BCUT2D eigenvalue weighted by molar-refractivity contribution is -0.137. The number of hydrogen-bond donors (Lipinski definition) is 2. The van der Waals surface area contributed by atoms with Gasteiger partial charge in [0.1, 0.15) is 0 Å². The smallest absolute Gasteiger partial charge is 0.317 e. The summed E-state index contributed by atoms with van der Waals surface area (Å²) in [5, 5.41) is 11.8. The minimum atomic E-state index is -0.943. The first kappa shape index (κ1) is 18.9. The number of nitrogens with one attached hydrogen (secondary N) is 1. The van der Waals surface area contributed by atoms with Crippen LogP contribution in [-0.4, -0.2) is 56.4 Å². The molecule has 1 rings (SSSR count).